The van der Waals surface area contributed by atoms with Gasteiger partial charge in [-0.2, -0.15) is 0 Å². The molecule has 0 atom stereocenters. The summed E-state index contributed by atoms with van der Waals surface area (Å²) in [7, 11) is 0. The summed E-state index contributed by atoms with van der Waals surface area (Å²) in [6.07, 6.45) is 5.09. The van der Waals surface area contributed by atoms with Crippen molar-refractivity contribution in [2.75, 3.05) is 30.4 Å². The van der Waals surface area contributed by atoms with Crippen LogP contribution in [0.2, 0.25) is 0 Å². The van der Waals surface area contributed by atoms with Crippen LogP contribution in [0.4, 0.5) is 11.6 Å². The van der Waals surface area contributed by atoms with Crippen molar-refractivity contribution in [2.45, 2.75) is 39.2 Å². The zero-order valence-electron chi connectivity index (χ0n) is 11.8. The van der Waals surface area contributed by atoms with Gasteiger partial charge in [0.25, 0.3) is 0 Å². The Morgan fingerprint density at radius 1 is 1.32 bits per heavy atom. The molecule has 1 fully saturated rings. The van der Waals surface area contributed by atoms with Crippen molar-refractivity contribution in [3.05, 3.63) is 11.9 Å². The van der Waals surface area contributed by atoms with Gasteiger partial charge in [-0.3, -0.25) is 0 Å². The Hall–Kier alpha value is -1.40. The van der Waals surface area contributed by atoms with E-state index in [0.29, 0.717) is 11.9 Å². The molecular formula is C13H24N6. The topological polar surface area (TPSA) is 79.1 Å². The highest BCUT2D eigenvalue weighted by Crippen LogP contribution is 2.21. The lowest BCUT2D eigenvalue weighted by atomic mass is 10.0. The fourth-order valence-corrected chi connectivity index (χ4v) is 2.55. The van der Waals surface area contributed by atoms with Gasteiger partial charge in [0.15, 0.2) is 0 Å². The highest BCUT2D eigenvalue weighted by molar-refractivity contribution is 5.56. The lowest BCUT2D eigenvalue weighted by Crippen LogP contribution is -2.39. The first-order valence-electron chi connectivity index (χ1n) is 7.01. The van der Waals surface area contributed by atoms with Crippen LogP contribution in [-0.4, -0.2) is 40.5 Å². The molecule has 0 aromatic carbocycles. The van der Waals surface area contributed by atoms with Crippen LogP contribution in [-0.2, 0) is 0 Å². The summed E-state index contributed by atoms with van der Waals surface area (Å²) in [5, 5.41) is 3.51. The molecule has 106 valence electrons. The molecule has 0 spiro atoms. The van der Waals surface area contributed by atoms with Crippen molar-refractivity contribution in [3.63, 3.8) is 0 Å². The minimum Gasteiger partial charge on any atom is -0.367 e. The monoisotopic (exact) mass is 264 g/mol. The van der Waals surface area contributed by atoms with Gasteiger partial charge in [-0.05, 0) is 32.7 Å². The van der Waals surface area contributed by atoms with Gasteiger partial charge in [-0.15, -0.1) is 0 Å². The Morgan fingerprint density at radius 3 is 2.63 bits per heavy atom. The molecule has 6 nitrogen and oxygen atoms in total. The molecular weight excluding hydrogens is 240 g/mol. The van der Waals surface area contributed by atoms with Crippen LogP contribution in [0, 0.1) is 6.92 Å². The molecule has 4 N–H and O–H groups in total. The van der Waals surface area contributed by atoms with Crippen LogP contribution in [0.25, 0.3) is 0 Å². The van der Waals surface area contributed by atoms with E-state index in [1.165, 1.54) is 19.3 Å². The van der Waals surface area contributed by atoms with E-state index in [2.05, 4.69) is 32.5 Å². The number of likely N-dealkylation sites (tertiary alicyclic amines) is 1. The van der Waals surface area contributed by atoms with Crippen molar-refractivity contribution in [1.82, 2.24) is 14.9 Å². The molecule has 0 bridgehead atoms. The number of rotatable bonds is 5. The Bertz CT molecular complexity index is 400. The SMILES string of the molecule is CCCN1CCC(Nc2ncnc(NN)c2C)CC1. The molecule has 0 saturated carbocycles. The summed E-state index contributed by atoms with van der Waals surface area (Å²) in [5.74, 6) is 7.00. The van der Waals surface area contributed by atoms with Gasteiger partial charge < -0.3 is 15.6 Å². The Morgan fingerprint density at radius 2 is 2.00 bits per heavy atom. The number of hydrogen-bond donors (Lipinski definition) is 3. The Kier molecular flexibility index (Phi) is 4.93. The summed E-state index contributed by atoms with van der Waals surface area (Å²) in [4.78, 5) is 10.9. The van der Waals surface area contributed by atoms with Crippen molar-refractivity contribution >= 4 is 11.6 Å². The highest BCUT2D eigenvalue weighted by Gasteiger charge is 2.19. The predicted molar refractivity (Wildman–Crippen MR) is 78.0 cm³/mol. The largest absolute Gasteiger partial charge is 0.367 e. The second-order valence-corrected chi connectivity index (χ2v) is 5.10. The minimum atomic E-state index is 0.493. The fourth-order valence-electron chi connectivity index (χ4n) is 2.55. The first-order valence-corrected chi connectivity index (χ1v) is 7.01. The minimum absolute atomic E-state index is 0.493. The molecule has 2 rings (SSSR count). The van der Waals surface area contributed by atoms with Gasteiger partial charge in [0, 0.05) is 24.7 Å². The van der Waals surface area contributed by atoms with Gasteiger partial charge in [0.05, 0.1) is 0 Å². The second kappa shape index (κ2) is 6.68. The van der Waals surface area contributed by atoms with E-state index < -0.39 is 0 Å². The van der Waals surface area contributed by atoms with Gasteiger partial charge in [-0.25, -0.2) is 15.8 Å². The molecule has 19 heavy (non-hydrogen) atoms. The first-order chi connectivity index (χ1) is 9.24. The lowest BCUT2D eigenvalue weighted by molar-refractivity contribution is 0.219. The molecule has 0 unspecified atom stereocenters. The van der Waals surface area contributed by atoms with E-state index in [1.807, 2.05) is 6.92 Å². The number of nitrogens with one attached hydrogen (secondary N) is 2. The van der Waals surface area contributed by atoms with E-state index in [-0.39, 0.29) is 0 Å². The number of nitrogens with zero attached hydrogens (tertiary/aromatic N) is 3. The molecule has 1 saturated heterocycles. The molecule has 1 aromatic rings. The maximum Gasteiger partial charge on any atom is 0.148 e. The third-order valence-corrected chi connectivity index (χ3v) is 3.69. The fraction of sp³-hybridized carbons (Fsp3) is 0.692. The predicted octanol–water partition coefficient (Wildman–Crippen LogP) is 1.36. The number of hydrogen-bond acceptors (Lipinski definition) is 6. The third kappa shape index (κ3) is 3.54. The standard InChI is InChI=1S/C13H24N6/c1-3-6-19-7-4-11(5-8-19)17-12-10(2)13(18-14)16-9-15-12/h9,11H,3-8,14H2,1-2H3,(H2,15,16,17,18). The van der Waals surface area contributed by atoms with Crippen molar-refractivity contribution in [3.8, 4) is 0 Å². The lowest BCUT2D eigenvalue weighted by Gasteiger charge is -2.32. The molecule has 1 aromatic heterocycles. The Balaban J connectivity index is 1.92. The second-order valence-electron chi connectivity index (χ2n) is 5.10. The number of hydrazine groups is 1. The molecule has 2 heterocycles. The number of nitrogens with two attached hydrogens (primary N) is 1. The maximum atomic E-state index is 5.43. The maximum absolute atomic E-state index is 5.43. The quantitative estimate of drug-likeness (QED) is 0.550. The summed E-state index contributed by atoms with van der Waals surface area (Å²) in [5.41, 5.74) is 3.57. The summed E-state index contributed by atoms with van der Waals surface area (Å²) in [6.45, 7) is 7.75. The van der Waals surface area contributed by atoms with Crippen molar-refractivity contribution < 1.29 is 0 Å². The summed E-state index contributed by atoms with van der Waals surface area (Å²) >= 11 is 0. The van der Waals surface area contributed by atoms with Gasteiger partial charge in [0.2, 0.25) is 0 Å². The summed E-state index contributed by atoms with van der Waals surface area (Å²) < 4.78 is 0. The zero-order chi connectivity index (χ0) is 13.7. The molecule has 6 heteroatoms. The van der Waals surface area contributed by atoms with Gasteiger partial charge in [0.1, 0.15) is 18.0 Å². The number of anilines is 2. The first kappa shape index (κ1) is 14.0. The zero-order valence-corrected chi connectivity index (χ0v) is 11.8. The van der Waals surface area contributed by atoms with Crippen LogP contribution < -0.4 is 16.6 Å². The average molecular weight is 264 g/mol. The van der Waals surface area contributed by atoms with Crippen molar-refractivity contribution in [1.29, 1.82) is 0 Å². The van der Waals surface area contributed by atoms with Crippen molar-refractivity contribution in [2.24, 2.45) is 5.84 Å². The van der Waals surface area contributed by atoms with Gasteiger partial charge >= 0.3 is 0 Å². The molecule has 0 aliphatic carbocycles. The molecule has 0 radical (unpaired) electrons. The third-order valence-electron chi connectivity index (χ3n) is 3.69. The van der Waals surface area contributed by atoms with E-state index in [0.717, 1.165) is 37.3 Å². The van der Waals surface area contributed by atoms with E-state index in [1.54, 1.807) is 0 Å². The normalized spacial score (nSPS) is 17.4. The molecule has 0 amide bonds. The van der Waals surface area contributed by atoms with E-state index >= 15 is 0 Å². The highest BCUT2D eigenvalue weighted by atomic mass is 15.3. The van der Waals surface area contributed by atoms with Crippen LogP contribution in [0.5, 0.6) is 0 Å². The van der Waals surface area contributed by atoms with E-state index in [9.17, 15) is 0 Å². The van der Waals surface area contributed by atoms with Gasteiger partial charge in [-0.1, -0.05) is 6.92 Å². The van der Waals surface area contributed by atoms with E-state index in [4.69, 9.17) is 5.84 Å². The molecule has 1 aliphatic heterocycles. The average Bonchev–Trinajstić information content (AvgIpc) is 2.43. The van der Waals surface area contributed by atoms with Crippen LogP contribution in [0.1, 0.15) is 31.7 Å². The number of piperidine rings is 1. The number of nitrogen functional groups attached to an aromatic ring is 1. The van der Waals surface area contributed by atoms with Crippen LogP contribution in [0.15, 0.2) is 6.33 Å². The molecule has 1 aliphatic rings. The van der Waals surface area contributed by atoms with Crippen LogP contribution >= 0.6 is 0 Å². The number of aromatic nitrogens is 2. The van der Waals surface area contributed by atoms with Crippen LogP contribution in [0.3, 0.4) is 0 Å². The Labute approximate surface area is 114 Å². The smallest absolute Gasteiger partial charge is 0.148 e. The summed E-state index contributed by atoms with van der Waals surface area (Å²) in [6, 6.07) is 0.493.